The van der Waals surface area contributed by atoms with E-state index < -0.39 is 5.97 Å². The number of amides is 1. The van der Waals surface area contributed by atoms with Crippen molar-refractivity contribution in [2.45, 2.75) is 32.7 Å². The van der Waals surface area contributed by atoms with E-state index in [4.69, 9.17) is 4.74 Å². The van der Waals surface area contributed by atoms with Gasteiger partial charge in [-0.25, -0.2) is 4.98 Å². The molecule has 3 aromatic rings. The monoisotopic (exact) mass is 405 g/mol. The first-order valence-electron chi connectivity index (χ1n) is 10.5. The number of aryl methyl sites for hydroxylation is 1. The molecule has 1 aliphatic rings. The van der Waals surface area contributed by atoms with Crippen LogP contribution in [-0.2, 0) is 27.3 Å². The van der Waals surface area contributed by atoms with E-state index in [-0.39, 0.29) is 19.1 Å². The van der Waals surface area contributed by atoms with Crippen LogP contribution >= 0.6 is 0 Å². The number of likely N-dealkylation sites (tertiary alicyclic amines) is 1. The Balaban J connectivity index is 1.24. The van der Waals surface area contributed by atoms with Crippen molar-refractivity contribution in [3.63, 3.8) is 0 Å². The largest absolute Gasteiger partial charge is 0.454 e. The van der Waals surface area contributed by atoms with Gasteiger partial charge < -0.3 is 14.2 Å². The number of carbonyl (C=O) groups is 2. The maximum absolute atomic E-state index is 12.5. The molecule has 2 aromatic carbocycles. The highest BCUT2D eigenvalue weighted by atomic mass is 16.5. The van der Waals surface area contributed by atoms with Crippen LogP contribution in [-0.4, -0.2) is 46.0 Å². The maximum atomic E-state index is 12.5. The van der Waals surface area contributed by atoms with E-state index in [1.807, 2.05) is 46.7 Å². The summed E-state index contributed by atoms with van der Waals surface area (Å²) < 4.78 is 7.09. The average molecular weight is 405 g/mol. The van der Waals surface area contributed by atoms with Crippen LogP contribution in [0.2, 0.25) is 0 Å². The minimum Gasteiger partial charge on any atom is -0.454 e. The number of para-hydroxylation sites is 2. The number of piperidine rings is 1. The molecular weight excluding hydrogens is 378 g/mol. The van der Waals surface area contributed by atoms with Gasteiger partial charge in [0, 0.05) is 13.1 Å². The molecule has 0 atom stereocenters. The summed E-state index contributed by atoms with van der Waals surface area (Å²) in [6, 6.07) is 18.1. The lowest BCUT2D eigenvalue weighted by atomic mass is 9.90. The molecular formula is C24H27N3O3. The number of carbonyl (C=O) groups excluding carboxylic acids is 2. The molecule has 0 bridgehead atoms. The van der Waals surface area contributed by atoms with Gasteiger partial charge in [-0.3, -0.25) is 9.59 Å². The Morgan fingerprint density at radius 2 is 1.73 bits per heavy atom. The van der Waals surface area contributed by atoms with E-state index in [1.54, 1.807) is 0 Å². The van der Waals surface area contributed by atoms with Crippen LogP contribution < -0.4 is 0 Å². The third-order valence-corrected chi connectivity index (χ3v) is 5.82. The van der Waals surface area contributed by atoms with Gasteiger partial charge in [-0.1, -0.05) is 42.5 Å². The molecule has 0 radical (unpaired) electrons. The van der Waals surface area contributed by atoms with Crippen molar-refractivity contribution in [2.24, 2.45) is 5.92 Å². The summed E-state index contributed by atoms with van der Waals surface area (Å²) in [5.41, 5.74) is 3.08. The third-order valence-electron chi connectivity index (χ3n) is 5.82. The van der Waals surface area contributed by atoms with Crippen LogP contribution in [0.4, 0.5) is 0 Å². The van der Waals surface area contributed by atoms with E-state index in [2.05, 4.69) is 29.2 Å². The number of rotatable bonds is 6. The van der Waals surface area contributed by atoms with Gasteiger partial charge in [-0.15, -0.1) is 0 Å². The number of fused-ring (bicyclic) bond motifs is 1. The Labute approximate surface area is 176 Å². The zero-order chi connectivity index (χ0) is 20.9. The lowest BCUT2D eigenvalue weighted by molar-refractivity contribution is -0.153. The van der Waals surface area contributed by atoms with Crippen molar-refractivity contribution in [1.29, 1.82) is 0 Å². The Hall–Kier alpha value is -3.15. The highest BCUT2D eigenvalue weighted by molar-refractivity contribution is 5.82. The highest BCUT2D eigenvalue weighted by Gasteiger charge is 2.24. The van der Waals surface area contributed by atoms with Crippen LogP contribution in [0.1, 0.15) is 24.2 Å². The molecule has 0 aliphatic carbocycles. The molecule has 1 aromatic heterocycles. The normalized spacial score (nSPS) is 14.8. The maximum Gasteiger partial charge on any atom is 0.326 e. The van der Waals surface area contributed by atoms with Gasteiger partial charge in [0.2, 0.25) is 0 Å². The number of benzene rings is 2. The predicted molar refractivity (Wildman–Crippen MR) is 115 cm³/mol. The summed E-state index contributed by atoms with van der Waals surface area (Å²) in [4.78, 5) is 31.1. The smallest absolute Gasteiger partial charge is 0.326 e. The summed E-state index contributed by atoms with van der Waals surface area (Å²) in [6.07, 6.45) is 3.01. The van der Waals surface area contributed by atoms with Gasteiger partial charge >= 0.3 is 5.97 Å². The first-order chi connectivity index (χ1) is 14.6. The van der Waals surface area contributed by atoms with Crippen LogP contribution in [0.5, 0.6) is 0 Å². The van der Waals surface area contributed by atoms with Crippen LogP contribution in [0.3, 0.4) is 0 Å². The van der Waals surface area contributed by atoms with Crippen molar-refractivity contribution < 1.29 is 14.3 Å². The zero-order valence-electron chi connectivity index (χ0n) is 17.3. The molecule has 1 amide bonds. The predicted octanol–water partition coefficient (Wildman–Crippen LogP) is 3.37. The molecule has 30 heavy (non-hydrogen) atoms. The van der Waals surface area contributed by atoms with Gasteiger partial charge in [-0.2, -0.15) is 0 Å². The van der Waals surface area contributed by atoms with Crippen LogP contribution in [0, 0.1) is 12.8 Å². The summed E-state index contributed by atoms with van der Waals surface area (Å²) in [7, 11) is 0. The molecule has 156 valence electrons. The number of esters is 1. The summed E-state index contributed by atoms with van der Waals surface area (Å²) in [5.74, 6) is 0.804. The standard InChI is InChI=1S/C24H27N3O3/c1-18-25-21-9-5-6-10-22(21)27(18)16-24(29)30-17-23(28)26-13-11-20(12-14-26)15-19-7-3-2-4-8-19/h2-10,20H,11-17H2,1H3. The van der Waals surface area contributed by atoms with Crippen LogP contribution in [0.25, 0.3) is 11.0 Å². The lowest BCUT2D eigenvalue weighted by Crippen LogP contribution is -2.41. The SMILES string of the molecule is Cc1nc2ccccc2n1CC(=O)OCC(=O)N1CCC(Cc2ccccc2)CC1. The van der Waals surface area contributed by atoms with Crippen molar-refractivity contribution >= 4 is 22.9 Å². The molecule has 2 heterocycles. The molecule has 0 spiro atoms. The second kappa shape index (κ2) is 9.11. The number of hydrogen-bond acceptors (Lipinski definition) is 4. The fraction of sp³-hybridized carbons (Fsp3) is 0.375. The zero-order valence-corrected chi connectivity index (χ0v) is 17.3. The van der Waals surface area contributed by atoms with Gasteiger partial charge in [-0.05, 0) is 49.8 Å². The summed E-state index contributed by atoms with van der Waals surface area (Å²) in [6.45, 7) is 3.16. The summed E-state index contributed by atoms with van der Waals surface area (Å²) in [5, 5.41) is 0. The average Bonchev–Trinajstić information content (AvgIpc) is 3.08. The van der Waals surface area contributed by atoms with E-state index in [0.717, 1.165) is 49.2 Å². The van der Waals surface area contributed by atoms with Crippen molar-refractivity contribution in [2.75, 3.05) is 19.7 Å². The molecule has 4 rings (SSSR count). The second-order valence-corrected chi connectivity index (χ2v) is 7.91. The Morgan fingerprint density at radius 3 is 2.50 bits per heavy atom. The van der Waals surface area contributed by atoms with Gasteiger partial charge in [0.05, 0.1) is 11.0 Å². The Bertz CT molecular complexity index is 1020. The molecule has 0 N–H and O–H groups in total. The Morgan fingerprint density at radius 1 is 1.03 bits per heavy atom. The molecule has 0 saturated carbocycles. The molecule has 1 saturated heterocycles. The quantitative estimate of drug-likeness (QED) is 0.590. The fourth-order valence-corrected chi connectivity index (χ4v) is 4.14. The van der Waals surface area contributed by atoms with Crippen LogP contribution in [0.15, 0.2) is 54.6 Å². The molecule has 6 nitrogen and oxygen atoms in total. The first kappa shape index (κ1) is 20.1. The molecule has 0 unspecified atom stereocenters. The fourth-order valence-electron chi connectivity index (χ4n) is 4.14. The van der Waals surface area contributed by atoms with E-state index >= 15 is 0 Å². The number of aromatic nitrogens is 2. The number of imidazole rings is 1. The lowest BCUT2D eigenvalue weighted by Gasteiger charge is -2.32. The molecule has 6 heteroatoms. The minimum atomic E-state index is -0.423. The number of hydrogen-bond donors (Lipinski definition) is 0. The van der Waals surface area contributed by atoms with Crippen molar-refractivity contribution in [3.8, 4) is 0 Å². The van der Waals surface area contributed by atoms with E-state index in [0.29, 0.717) is 5.92 Å². The van der Waals surface area contributed by atoms with Crippen molar-refractivity contribution in [3.05, 3.63) is 66.0 Å². The topological polar surface area (TPSA) is 64.4 Å². The first-order valence-corrected chi connectivity index (χ1v) is 10.5. The third kappa shape index (κ3) is 4.70. The number of nitrogens with zero attached hydrogens (tertiary/aromatic N) is 3. The summed E-state index contributed by atoms with van der Waals surface area (Å²) >= 11 is 0. The number of ether oxygens (including phenoxy) is 1. The van der Waals surface area contributed by atoms with Gasteiger partial charge in [0.15, 0.2) is 6.61 Å². The Kier molecular flexibility index (Phi) is 6.12. The molecule has 1 fully saturated rings. The second-order valence-electron chi connectivity index (χ2n) is 7.91. The highest BCUT2D eigenvalue weighted by Crippen LogP contribution is 2.22. The minimum absolute atomic E-state index is 0.0543. The van der Waals surface area contributed by atoms with E-state index in [1.165, 1.54) is 5.56 Å². The van der Waals surface area contributed by atoms with Crippen molar-refractivity contribution in [1.82, 2.24) is 14.5 Å². The van der Waals surface area contributed by atoms with Gasteiger partial charge in [0.1, 0.15) is 12.4 Å². The van der Waals surface area contributed by atoms with E-state index in [9.17, 15) is 9.59 Å². The van der Waals surface area contributed by atoms with Gasteiger partial charge in [0.25, 0.3) is 5.91 Å². The molecule has 1 aliphatic heterocycles.